The van der Waals surface area contributed by atoms with Gasteiger partial charge in [-0.15, -0.1) is 0 Å². The summed E-state index contributed by atoms with van der Waals surface area (Å²) in [6.07, 6.45) is 9.86. The minimum absolute atomic E-state index is 0.0321. The van der Waals surface area contributed by atoms with Crippen molar-refractivity contribution >= 4 is 12.4 Å². The first-order valence-corrected chi connectivity index (χ1v) is 17.4. The van der Waals surface area contributed by atoms with Gasteiger partial charge in [0.25, 0.3) is 0 Å². The molecule has 0 saturated heterocycles. The first-order valence-electron chi connectivity index (χ1n) is 17.4. The summed E-state index contributed by atoms with van der Waals surface area (Å²) in [6.45, 7) is 27.6. The Hall–Kier alpha value is -2.66. The second-order valence-electron chi connectivity index (χ2n) is 16.8. The molecule has 0 spiro atoms. The van der Waals surface area contributed by atoms with Crippen LogP contribution in [0.3, 0.4) is 0 Å². The van der Waals surface area contributed by atoms with Crippen LogP contribution in [-0.2, 0) is 22.7 Å². The van der Waals surface area contributed by atoms with Crippen LogP contribution >= 0.6 is 0 Å². The average molecular weight is 619 g/mol. The zero-order chi connectivity index (χ0) is 33.8. The van der Waals surface area contributed by atoms with Crippen molar-refractivity contribution in [2.75, 3.05) is 26.7 Å². The highest BCUT2D eigenvalue weighted by Crippen LogP contribution is 2.37. The fraction of sp³-hybridized carbons (Fsp3) is 0.650. The summed E-state index contributed by atoms with van der Waals surface area (Å²) in [6, 6.07) is 8.64. The third-order valence-corrected chi connectivity index (χ3v) is 10.1. The van der Waals surface area contributed by atoms with Gasteiger partial charge >= 0.3 is 0 Å². The van der Waals surface area contributed by atoms with Crippen LogP contribution < -0.4 is 0 Å². The molecule has 2 unspecified atom stereocenters. The molecule has 2 atom stereocenters. The highest BCUT2D eigenvalue weighted by Gasteiger charge is 2.27. The predicted octanol–water partition coefficient (Wildman–Crippen LogP) is 9.26. The fourth-order valence-electron chi connectivity index (χ4n) is 6.18. The van der Waals surface area contributed by atoms with Gasteiger partial charge in [0.2, 0.25) is 0 Å². The molecule has 2 aromatic carbocycles. The van der Waals surface area contributed by atoms with Gasteiger partial charge < -0.3 is 14.7 Å². The van der Waals surface area contributed by atoms with Crippen molar-refractivity contribution < 1.29 is 14.7 Å². The number of hydrogen-bond donors (Lipinski definition) is 2. The molecule has 0 heterocycles. The molecule has 250 valence electrons. The van der Waals surface area contributed by atoms with E-state index >= 15 is 0 Å². The van der Waals surface area contributed by atoms with Crippen molar-refractivity contribution in [3.8, 4) is 11.5 Å². The maximum atomic E-state index is 11.4. The van der Waals surface area contributed by atoms with Gasteiger partial charge in [-0.2, -0.15) is 0 Å². The maximum absolute atomic E-state index is 11.4. The second-order valence-corrected chi connectivity index (χ2v) is 16.8. The minimum Gasteiger partial charge on any atom is -0.507 e. The molecule has 0 amide bonds. The van der Waals surface area contributed by atoms with Crippen molar-refractivity contribution in [2.45, 2.75) is 143 Å². The van der Waals surface area contributed by atoms with E-state index in [9.17, 15) is 10.2 Å². The van der Waals surface area contributed by atoms with Gasteiger partial charge in [0, 0.05) is 35.5 Å². The Balaban J connectivity index is 1.93. The Morgan fingerprint density at radius 1 is 0.711 bits per heavy atom. The molecule has 1 fully saturated rings. The minimum atomic E-state index is -0.182. The first kappa shape index (κ1) is 36.8. The number of aromatic hydroxyl groups is 2. The summed E-state index contributed by atoms with van der Waals surface area (Å²) in [5, 5.41) is 22.7. The van der Waals surface area contributed by atoms with Gasteiger partial charge in [0.1, 0.15) is 11.5 Å². The smallest absolute Gasteiger partial charge is 0.128 e. The SMILES string of the molecule is CC[N+](C)(CC)CCCc1cc(C(C)(C)C)cc(C=NC2CCCCC2N=Cc2cc(C(C)(C)C)cc(C(C)(C)C)c2O)c1O. The summed E-state index contributed by atoms with van der Waals surface area (Å²) in [7, 11) is 2.32. The highest BCUT2D eigenvalue weighted by atomic mass is 16.3. The van der Waals surface area contributed by atoms with Crippen LogP contribution in [-0.4, -0.2) is 65.9 Å². The van der Waals surface area contributed by atoms with Gasteiger partial charge in [0.05, 0.1) is 38.8 Å². The predicted molar refractivity (Wildman–Crippen MR) is 194 cm³/mol. The van der Waals surface area contributed by atoms with Crippen molar-refractivity contribution in [3.63, 3.8) is 0 Å². The van der Waals surface area contributed by atoms with Crippen LogP contribution in [0.5, 0.6) is 11.5 Å². The topological polar surface area (TPSA) is 65.2 Å². The lowest BCUT2D eigenvalue weighted by Crippen LogP contribution is -2.44. The molecule has 2 N–H and O–H groups in total. The second kappa shape index (κ2) is 14.4. The quantitative estimate of drug-likeness (QED) is 0.206. The molecule has 1 saturated carbocycles. The number of hydrogen-bond acceptors (Lipinski definition) is 4. The number of aryl methyl sites for hydroxylation is 1. The van der Waals surface area contributed by atoms with Gasteiger partial charge in [-0.3, -0.25) is 9.98 Å². The number of benzene rings is 2. The fourth-order valence-corrected chi connectivity index (χ4v) is 6.18. The van der Waals surface area contributed by atoms with E-state index in [1.54, 1.807) is 0 Å². The zero-order valence-electron chi connectivity index (χ0n) is 30.7. The Bertz CT molecular complexity index is 1350. The van der Waals surface area contributed by atoms with E-state index < -0.39 is 0 Å². The number of phenols is 2. The number of aliphatic imine (C=N–C) groups is 2. The van der Waals surface area contributed by atoms with Crippen LogP contribution in [0, 0.1) is 0 Å². The van der Waals surface area contributed by atoms with E-state index in [0.29, 0.717) is 11.5 Å². The molecule has 0 radical (unpaired) electrons. The third-order valence-electron chi connectivity index (χ3n) is 10.1. The summed E-state index contributed by atoms with van der Waals surface area (Å²) >= 11 is 0. The Labute approximate surface area is 275 Å². The number of quaternary nitrogens is 1. The molecule has 0 aromatic heterocycles. The molecule has 45 heavy (non-hydrogen) atoms. The number of phenolic OH excluding ortho intramolecular Hbond substituents is 2. The van der Waals surface area contributed by atoms with Crippen molar-refractivity contribution in [1.29, 1.82) is 0 Å². The maximum Gasteiger partial charge on any atom is 0.128 e. The van der Waals surface area contributed by atoms with Crippen molar-refractivity contribution in [2.24, 2.45) is 9.98 Å². The summed E-state index contributed by atoms with van der Waals surface area (Å²) in [5.41, 5.74) is 5.72. The summed E-state index contributed by atoms with van der Waals surface area (Å²) < 4.78 is 1.05. The van der Waals surface area contributed by atoms with Crippen LogP contribution in [0.15, 0.2) is 34.3 Å². The normalized spacial score (nSPS) is 18.8. The van der Waals surface area contributed by atoms with Crippen LogP contribution in [0.2, 0.25) is 0 Å². The summed E-state index contributed by atoms with van der Waals surface area (Å²) in [4.78, 5) is 10.2. The third kappa shape index (κ3) is 9.67. The van der Waals surface area contributed by atoms with E-state index in [0.717, 1.165) is 84.9 Å². The number of rotatable bonds is 10. The molecule has 0 bridgehead atoms. The van der Waals surface area contributed by atoms with Gasteiger partial charge in [0.15, 0.2) is 0 Å². The lowest BCUT2D eigenvalue weighted by Gasteiger charge is -2.32. The van der Waals surface area contributed by atoms with Crippen LogP contribution in [0.4, 0.5) is 0 Å². The highest BCUT2D eigenvalue weighted by molar-refractivity contribution is 5.86. The Morgan fingerprint density at radius 3 is 1.62 bits per heavy atom. The molecule has 5 heteroatoms. The largest absolute Gasteiger partial charge is 0.507 e. The standard InChI is InChI=1S/C40H63N3O2/c1-13-43(12,14-2)21-17-18-28-22-31(38(3,4)5)23-29(36(28)44)26-41-34-19-15-16-20-35(34)42-27-30-24-32(39(6,7)8)25-33(37(30)45)40(9,10)11/h22-27,34-35H,13-21H2,1-12H3,(H-,41,42,44,45)/p+1. The van der Waals surface area contributed by atoms with Gasteiger partial charge in [-0.05, 0) is 78.2 Å². The van der Waals surface area contributed by atoms with Crippen LogP contribution in [0.25, 0.3) is 0 Å². The van der Waals surface area contributed by atoms with Crippen molar-refractivity contribution in [3.05, 3.63) is 57.6 Å². The van der Waals surface area contributed by atoms with Crippen molar-refractivity contribution in [1.82, 2.24) is 0 Å². The first-order chi connectivity index (χ1) is 20.8. The average Bonchev–Trinajstić information content (AvgIpc) is 2.95. The Kier molecular flexibility index (Phi) is 11.8. The zero-order valence-corrected chi connectivity index (χ0v) is 30.7. The molecule has 2 aromatic rings. The van der Waals surface area contributed by atoms with E-state index in [-0.39, 0.29) is 28.3 Å². The lowest BCUT2D eigenvalue weighted by molar-refractivity contribution is -0.906. The lowest BCUT2D eigenvalue weighted by atomic mass is 9.79. The molecule has 3 rings (SSSR count). The van der Waals surface area contributed by atoms with E-state index in [2.05, 4.69) is 107 Å². The molecular formula is C40H64N3O2+. The monoisotopic (exact) mass is 618 g/mol. The summed E-state index contributed by atoms with van der Waals surface area (Å²) in [5.74, 6) is 0.687. The molecule has 1 aliphatic carbocycles. The van der Waals surface area contributed by atoms with E-state index in [1.165, 1.54) is 11.1 Å². The van der Waals surface area contributed by atoms with E-state index in [1.807, 2.05) is 12.4 Å². The Morgan fingerprint density at radius 2 is 1.18 bits per heavy atom. The molecule has 1 aliphatic rings. The van der Waals surface area contributed by atoms with Gasteiger partial charge in [-0.1, -0.05) is 87.3 Å². The van der Waals surface area contributed by atoms with Gasteiger partial charge in [-0.25, -0.2) is 0 Å². The number of nitrogens with zero attached hydrogens (tertiary/aromatic N) is 3. The molecular weight excluding hydrogens is 554 g/mol. The van der Waals surface area contributed by atoms with Crippen LogP contribution in [0.1, 0.15) is 142 Å². The van der Waals surface area contributed by atoms with E-state index in [4.69, 9.17) is 9.98 Å². The molecule has 0 aliphatic heterocycles. The molecule has 5 nitrogen and oxygen atoms in total.